The van der Waals surface area contributed by atoms with Crippen molar-refractivity contribution < 1.29 is 35.4 Å². The molecule has 0 atom stereocenters. The minimum atomic E-state index is -0.318. The van der Waals surface area contributed by atoms with Crippen LogP contribution >= 0.6 is 29.6 Å². The van der Waals surface area contributed by atoms with Crippen molar-refractivity contribution in [2.24, 2.45) is 0 Å². The van der Waals surface area contributed by atoms with Crippen molar-refractivity contribution >= 4 is 41.5 Å². The van der Waals surface area contributed by atoms with Gasteiger partial charge < -0.3 is 15.9 Å². The van der Waals surface area contributed by atoms with E-state index in [4.69, 9.17) is 4.74 Å². The predicted octanol–water partition coefficient (Wildman–Crippen LogP) is 7.81. The van der Waals surface area contributed by atoms with Gasteiger partial charge >= 0.3 is 41.9 Å². The molecule has 0 unspecified atom stereocenters. The summed E-state index contributed by atoms with van der Waals surface area (Å²) in [4.78, 5) is 22.7. The summed E-state index contributed by atoms with van der Waals surface area (Å²) in [6, 6.07) is 11.5. The molecule has 2 aromatic rings. The van der Waals surface area contributed by atoms with Crippen molar-refractivity contribution in [2.75, 3.05) is 14.2 Å². The normalized spacial score (nSPS) is 13.8. The Bertz CT molecular complexity index is 890. The van der Waals surface area contributed by atoms with E-state index in [1.165, 1.54) is 80.2 Å². The number of aryl methyl sites for hydroxylation is 2. The second-order valence-corrected chi connectivity index (χ2v) is 8.76. The van der Waals surface area contributed by atoms with Crippen molar-refractivity contribution in [3.05, 3.63) is 75.1 Å². The van der Waals surface area contributed by atoms with Crippen LogP contribution in [0.1, 0.15) is 81.8 Å². The summed E-state index contributed by atoms with van der Waals surface area (Å²) in [5.74, 6) is 0.0396. The van der Waals surface area contributed by atoms with Crippen LogP contribution in [-0.2, 0) is 25.8 Å². The first-order chi connectivity index (χ1) is 15.9. The molecule has 0 spiro atoms. The van der Waals surface area contributed by atoms with E-state index < -0.39 is 0 Å². The van der Waals surface area contributed by atoms with Gasteiger partial charge in [-0.25, -0.2) is 9.59 Å². The molecule has 2 saturated carbocycles. The zero-order chi connectivity index (χ0) is 24.8. The zero-order valence-corrected chi connectivity index (χ0v) is 26.1. The molecule has 0 heterocycles. The van der Waals surface area contributed by atoms with E-state index in [1.54, 1.807) is 6.07 Å². The molecule has 4 nitrogen and oxygen atoms in total. The van der Waals surface area contributed by atoms with Gasteiger partial charge in [0.05, 0.1) is 25.3 Å². The Morgan fingerprint density at radius 1 is 0.879 bits per heavy atom. The average molecular weight is 634 g/mol. The Morgan fingerprint density at radius 2 is 1.33 bits per heavy atom. The number of halogens is 2. The number of hydrogen-bond donors (Lipinski definition) is 0. The minimum absolute atomic E-state index is 0.211. The molecule has 0 amide bonds. The van der Waals surface area contributed by atoms with Gasteiger partial charge in [0.25, 0.3) is 0 Å². The van der Waals surface area contributed by atoms with Gasteiger partial charge in [-0.3, -0.25) is 0 Å². The summed E-state index contributed by atoms with van der Waals surface area (Å²) >= 11 is 7.54. The maximum absolute atomic E-state index is 11.6. The van der Waals surface area contributed by atoms with Crippen LogP contribution in [0.15, 0.2) is 40.9 Å². The predicted molar refractivity (Wildman–Crippen MR) is 136 cm³/mol. The van der Waals surface area contributed by atoms with Gasteiger partial charge in [-0.15, -0.1) is 6.42 Å². The molecule has 33 heavy (non-hydrogen) atoms. The van der Waals surface area contributed by atoms with E-state index in [9.17, 15) is 9.59 Å². The number of carbonyl (C=O) groups is 2. The van der Waals surface area contributed by atoms with Gasteiger partial charge in [0.15, 0.2) is 0 Å². The number of carbonyl (C=O) groups excluding carboxylic acids is 2. The topological polar surface area (TPSA) is 52.6 Å². The molecule has 0 bridgehead atoms. The summed E-state index contributed by atoms with van der Waals surface area (Å²) < 4.78 is 10.2. The van der Waals surface area contributed by atoms with Gasteiger partial charge in [0.1, 0.15) is 0 Å². The van der Waals surface area contributed by atoms with Crippen molar-refractivity contribution in [2.45, 2.75) is 58.3 Å². The number of esters is 2. The van der Waals surface area contributed by atoms with Gasteiger partial charge in [0, 0.05) is 4.47 Å². The van der Waals surface area contributed by atoms with Crippen LogP contribution in [0.2, 0.25) is 0 Å². The summed E-state index contributed by atoms with van der Waals surface area (Å²) in [7, 11) is 2.81. The molecule has 2 fully saturated rings. The van der Waals surface area contributed by atoms with Crippen LogP contribution in [0, 0.1) is 20.3 Å². The third-order valence-corrected chi connectivity index (χ3v) is 6.16. The zero-order valence-electron chi connectivity index (χ0n) is 20.0. The number of hydrogen-bond acceptors (Lipinski definition) is 4. The monoisotopic (exact) mass is 630 g/mol. The molecular weight excluding hydrogens is 601 g/mol. The summed E-state index contributed by atoms with van der Waals surface area (Å²) in [6.07, 6.45) is 10.2. The van der Waals surface area contributed by atoms with E-state index >= 15 is 0 Å². The standard InChI is InChI=1S/C13H16O2.C9H9BrO2.C4H7.BrH.Zn/c1-9-6-7-11(13(14)15-2)12(8-9)10-4-3-5-10;1-6-3-4-7(8(10)5-6)9(11)12-2;1-2-4-3-1;;/h6-8,10H,3-5H2,1-2H3;3-5H,1-2H3;1H,2-4H2;1H;/q;;-1;;+2/p-1. The second kappa shape index (κ2) is 16.6. The summed E-state index contributed by atoms with van der Waals surface area (Å²) in [5.41, 5.74) is 4.79. The molecule has 2 aliphatic rings. The van der Waals surface area contributed by atoms with E-state index in [-0.39, 0.29) is 11.9 Å². The van der Waals surface area contributed by atoms with Gasteiger partial charge in [-0.2, -0.15) is 12.8 Å². The Balaban J connectivity index is 0.000000269. The number of methoxy groups -OCH3 is 2. The first kappa shape index (κ1) is 30.0. The Kier molecular flexibility index (Phi) is 15.1. The molecule has 176 valence electrons. The summed E-state index contributed by atoms with van der Waals surface area (Å²) in [5, 5.41) is 0. The fourth-order valence-corrected chi connectivity index (χ4v) is 3.79. The van der Waals surface area contributed by atoms with Crippen molar-refractivity contribution in [3.8, 4) is 0 Å². The number of benzene rings is 2. The molecule has 7 heteroatoms. The SMILES string of the molecule is COC(=O)c1ccc(C)cc1Br.COC(=O)c1ccc(C)cc1C1CCC1.[CH-]1CCC1.[Zn+][Br]. The Hall–Kier alpha value is -1.04. The van der Waals surface area contributed by atoms with Crippen LogP contribution < -0.4 is 0 Å². The third kappa shape index (κ3) is 10.0. The molecule has 0 aromatic heterocycles. The number of ether oxygens (including phenoxy) is 2. The Morgan fingerprint density at radius 3 is 1.73 bits per heavy atom. The van der Waals surface area contributed by atoms with Crippen LogP contribution in [0.3, 0.4) is 0 Å². The van der Waals surface area contributed by atoms with E-state index in [0.717, 1.165) is 15.6 Å². The van der Waals surface area contributed by atoms with Gasteiger partial charge in [-0.05, 0) is 77.9 Å². The fourth-order valence-electron chi connectivity index (χ4n) is 3.13. The molecule has 2 aromatic carbocycles. The molecule has 2 aliphatic carbocycles. The van der Waals surface area contributed by atoms with Crippen LogP contribution in [0.4, 0.5) is 0 Å². The number of rotatable bonds is 3. The average Bonchev–Trinajstić information content (AvgIpc) is 2.72. The summed E-state index contributed by atoms with van der Waals surface area (Å²) in [6.45, 7) is 4.02. The Labute approximate surface area is 223 Å². The van der Waals surface area contributed by atoms with E-state index in [1.807, 2.05) is 31.2 Å². The molecule has 0 aliphatic heterocycles. The maximum atomic E-state index is 11.6. The van der Waals surface area contributed by atoms with Crippen molar-refractivity contribution in [1.82, 2.24) is 0 Å². The van der Waals surface area contributed by atoms with Crippen molar-refractivity contribution in [3.63, 3.8) is 0 Å². The van der Waals surface area contributed by atoms with Crippen LogP contribution in [-0.4, -0.2) is 26.2 Å². The van der Waals surface area contributed by atoms with Crippen molar-refractivity contribution in [1.29, 1.82) is 0 Å². The first-order valence-corrected chi connectivity index (χ1v) is 18.7. The molecule has 0 radical (unpaired) electrons. The van der Waals surface area contributed by atoms with Crippen LogP contribution in [0.25, 0.3) is 0 Å². The fraction of sp³-hybridized carbons (Fsp3) is 0.423. The molecular formula is C26H32Br2O4Zn. The molecule has 0 N–H and O–H groups in total. The second-order valence-electron chi connectivity index (χ2n) is 7.90. The quantitative estimate of drug-likeness (QED) is 0.197. The molecule has 0 saturated heterocycles. The molecule has 4 rings (SSSR count). The van der Waals surface area contributed by atoms with Crippen LogP contribution in [0.5, 0.6) is 0 Å². The van der Waals surface area contributed by atoms with Gasteiger partial charge in [0.2, 0.25) is 0 Å². The van der Waals surface area contributed by atoms with E-state index in [0.29, 0.717) is 11.5 Å². The van der Waals surface area contributed by atoms with Gasteiger partial charge in [-0.1, -0.05) is 30.2 Å². The third-order valence-electron chi connectivity index (χ3n) is 5.50. The first-order valence-electron chi connectivity index (χ1n) is 11.0. The van der Waals surface area contributed by atoms with E-state index in [2.05, 4.69) is 53.7 Å².